The van der Waals surface area contributed by atoms with Gasteiger partial charge in [0.25, 0.3) is 0 Å². The van der Waals surface area contributed by atoms with Gasteiger partial charge in [0.2, 0.25) is 0 Å². The van der Waals surface area contributed by atoms with Gasteiger partial charge in [-0.05, 0) is 6.92 Å². The van der Waals surface area contributed by atoms with Crippen LogP contribution in [0, 0.1) is 35.6 Å². The quantitative estimate of drug-likeness (QED) is 0.631. The van der Waals surface area contributed by atoms with Crippen LogP contribution in [-0.2, 0) is 4.79 Å². The van der Waals surface area contributed by atoms with Crippen molar-refractivity contribution in [3.63, 3.8) is 0 Å². The van der Waals surface area contributed by atoms with Crippen LogP contribution in [0.4, 0.5) is 0 Å². The molecule has 0 unspecified atom stereocenters. The number of carbonyl (C=O) groups is 1. The predicted octanol–water partition coefficient (Wildman–Crippen LogP) is 0.985. The largest absolute Gasteiger partial charge is 0.300 e. The Labute approximate surface area is 66.1 Å². The molecule has 0 rings (SSSR count). The Kier molecular flexibility index (Phi) is 9.75. The number of ketones is 1. The Bertz CT molecular complexity index is 42.8. The minimum absolute atomic E-state index is 0. The first-order valence-electron chi connectivity index (χ1n) is 1.76. The van der Waals surface area contributed by atoms with Crippen LogP contribution < -0.4 is 0 Å². The SMILES string of the molecule is CCC(C)=O.[La]. The molecular weight excluding hydrogens is 203 g/mol. The molecule has 0 saturated carbocycles. The van der Waals surface area contributed by atoms with Gasteiger partial charge in [0, 0.05) is 42.0 Å². The summed E-state index contributed by atoms with van der Waals surface area (Å²) in [5, 5.41) is 0. The summed E-state index contributed by atoms with van der Waals surface area (Å²) in [5.41, 5.74) is 0. The van der Waals surface area contributed by atoms with Crippen LogP contribution in [0.2, 0.25) is 0 Å². The molecule has 6 heavy (non-hydrogen) atoms. The van der Waals surface area contributed by atoms with Crippen molar-refractivity contribution < 1.29 is 40.4 Å². The van der Waals surface area contributed by atoms with E-state index in [1.165, 1.54) is 0 Å². The topological polar surface area (TPSA) is 17.1 Å². The molecule has 0 aliphatic rings. The molecule has 0 spiro atoms. The minimum atomic E-state index is 0. The Balaban J connectivity index is 0. The summed E-state index contributed by atoms with van der Waals surface area (Å²) in [5.74, 6) is 0.255. The standard InChI is InChI=1S/C4H8O.La/c1-3-4(2)5;/h3H2,1-2H3;. The van der Waals surface area contributed by atoms with Gasteiger partial charge < -0.3 is 4.79 Å². The van der Waals surface area contributed by atoms with Gasteiger partial charge in [0.05, 0.1) is 0 Å². The van der Waals surface area contributed by atoms with Crippen LogP contribution in [0.3, 0.4) is 0 Å². The monoisotopic (exact) mass is 211 g/mol. The molecule has 0 bridgehead atoms. The van der Waals surface area contributed by atoms with Gasteiger partial charge in [-0.1, -0.05) is 6.92 Å². The van der Waals surface area contributed by atoms with Gasteiger partial charge >= 0.3 is 0 Å². The fourth-order valence-electron chi connectivity index (χ4n) is 0. The van der Waals surface area contributed by atoms with Crippen LogP contribution in [0.25, 0.3) is 0 Å². The molecule has 33 valence electrons. The molecule has 2 heteroatoms. The second-order valence-electron chi connectivity index (χ2n) is 1.06. The van der Waals surface area contributed by atoms with Crippen LogP contribution in [0.15, 0.2) is 0 Å². The van der Waals surface area contributed by atoms with E-state index in [9.17, 15) is 4.79 Å². The number of Topliss-reactive ketones (excluding diaryl/α,β-unsaturated/α-hetero) is 1. The summed E-state index contributed by atoms with van der Waals surface area (Å²) in [6.07, 6.45) is 0.667. The zero-order chi connectivity index (χ0) is 4.28. The zero-order valence-corrected chi connectivity index (χ0v) is 7.82. The molecule has 0 amide bonds. The van der Waals surface area contributed by atoms with Gasteiger partial charge in [-0.25, -0.2) is 0 Å². The molecule has 0 aromatic heterocycles. The van der Waals surface area contributed by atoms with Crippen molar-refractivity contribution in [3.8, 4) is 0 Å². The summed E-state index contributed by atoms with van der Waals surface area (Å²) in [6, 6.07) is 0. The van der Waals surface area contributed by atoms with Crippen molar-refractivity contribution in [1.29, 1.82) is 0 Å². The molecule has 1 radical (unpaired) electrons. The average molecular weight is 211 g/mol. The molecular formula is C4H8LaO. The molecule has 0 saturated heterocycles. The van der Waals surface area contributed by atoms with E-state index in [0.29, 0.717) is 6.42 Å². The maximum atomic E-state index is 9.81. The van der Waals surface area contributed by atoms with Crippen LogP contribution in [-0.4, -0.2) is 5.78 Å². The second-order valence-corrected chi connectivity index (χ2v) is 1.06. The Hall–Kier alpha value is 0.865. The third-order valence-electron chi connectivity index (χ3n) is 0.498. The third kappa shape index (κ3) is 8.85. The Morgan fingerprint density at radius 1 is 1.67 bits per heavy atom. The number of hydrogen-bond donors (Lipinski definition) is 0. The maximum Gasteiger partial charge on any atom is 0.129 e. The molecule has 0 aliphatic heterocycles. The number of carbonyl (C=O) groups excluding carboxylic acids is 1. The molecule has 0 heterocycles. The molecule has 0 aromatic rings. The van der Waals surface area contributed by atoms with Crippen molar-refractivity contribution in [3.05, 3.63) is 0 Å². The van der Waals surface area contributed by atoms with Crippen LogP contribution in [0.5, 0.6) is 0 Å². The van der Waals surface area contributed by atoms with Crippen molar-refractivity contribution in [2.24, 2.45) is 0 Å². The van der Waals surface area contributed by atoms with E-state index in [0.717, 1.165) is 0 Å². The first kappa shape index (κ1) is 9.98. The predicted molar refractivity (Wildman–Crippen MR) is 21.0 cm³/mol. The molecule has 0 atom stereocenters. The van der Waals surface area contributed by atoms with Crippen molar-refractivity contribution in [1.82, 2.24) is 0 Å². The summed E-state index contributed by atoms with van der Waals surface area (Å²) >= 11 is 0. The van der Waals surface area contributed by atoms with E-state index in [2.05, 4.69) is 0 Å². The first-order chi connectivity index (χ1) is 2.27. The third-order valence-corrected chi connectivity index (χ3v) is 0.498. The van der Waals surface area contributed by atoms with E-state index >= 15 is 0 Å². The molecule has 1 nitrogen and oxygen atoms in total. The van der Waals surface area contributed by atoms with Gasteiger partial charge in [0.15, 0.2) is 0 Å². The van der Waals surface area contributed by atoms with Crippen LogP contribution >= 0.6 is 0 Å². The zero-order valence-electron chi connectivity index (χ0n) is 4.19. The number of hydrogen-bond acceptors (Lipinski definition) is 1. The smallest absolute Gasteiger partial charge is 0.129 e. The number of rotatable bonds is 1. The van der Waals surface area contributed by atoms with Gasteiger partial charge in [-0.3, -0.25) is 0 Å². The summed E-state index contributed by atoms with van der Waals surface area (Å²) in [7, 11) is 0. The molecule has 0 fully saturated rings. The maximum absolute atomic E-state index is 9.81. The van der Waals surface area contributed by atoms with E-state index in [1.807, 2.05) is 6.92 Å². The first-order valence-corrected chi connectivity index (χ1v) is 1.76. The van der Waals surface area contributed by atoms with Crippen molar-refractivity contribution in [2.75, 3.05) is 0 Å². The molecule has 0 N–H and O–H groups in total. The van der Waals surface area contributed by atoms with E-state index in [1.54, 1.807) is 6.92 Å². The molecule has 0 aliphatic carbocycles. The summed E-state index contributed by atoms with van der Waals surface area (Å²) in [6.45, 7) is 3.43. The van der Waals surface area contributed by atoms with Gasteiger partial charge in [0.1, 0.15) is 5.78 Å². The molecule has 0 aromatic carbocycles. The average Bonchev–Trinajstić information content (AvgIpc) is 1.38. The second kappa shape index (κ2) is 5.86. The fraction of sp³-hybridized carbons (Fsp3) is 0.750. The van der Waals surface area contributed by atoms with Crippen LogP contribution in [0.1, 0.15) is 20.3 Å². The summed E-state index contributed by atoms with van der Waals surface area (Å²) in [4.78, 5) is 9.81. The van der Waals surface area contributed by atoms with Gasteiger partial charge in [-0.2, -0.15) is 0 Å². The normalized spacial score (nSPS) is 6.33. The summed E-state index contributed by atoms with van der Waals surface area (Å²) < 4.78 is 0. The van der Waals surface area contributed by atoms with E-state index < -0.39 is 0 Å². The Morgan fingerprint density at radius 3 is 1.83 bits per heavy atom. The van der Waals surface area contributed by atoms with Crippen molar-refractivity contribution >= 4 is 5.78 Å². The van der Waals surface area contributed by atoms with E-state index in [4.69, 9.17) is 0 Å². The fourth-order valence-corrected chi connectivity index (χ4v) is 0. The Morgan fingerprint density at radius 2 is 1.83 bits per heavy atom. The van der Waals surface area contributed by atoms with E-state index in [-0.39, 0.29) is 41.4 Å². The van der Waals surface area contributed by atoms with Gasteiger partial charge in [-0.15, -0.1) is 0 Å². The van der Waals surface area contributed by atoms with Crippen molar-refractivity contribution in [2.45, 2.75) is 20.3 Å². The minimum Gasteiger partial charge on any atom is -0.300 e.